The number of carbonyl (C=O) groups is 1. The Morgan fingerprint density at radius 3 is 2.28 bits per heavy atom. The van der Waals surface area contributed by atoms with E-state index in [1.165, 1.54) is 18.5 Å². The van der Waals surface area contributed by atoms with Crippen LogP contribution in [0.25, 0.3) is 21.2 Å². The number of pyridine rings is 1. The molecule has 7 nitrogen and oxygen atoms in total. The Balaban J connectivity index is 1.55. The molecule has 0 aliphatic carbocycles. The van der Waals surface area contributed by atoms with Gasteiger partial charge in [-0.3, -0.25) is 0 Å². The Labute approximate surface area is 219 Å². The Morgan fingerprint density at radius 2 is 1.64 bits per heavy atom. The van der Waals surface area contributed by atoms with Crippen LogP contribution in [-0.2, 0) is 21.5 Å². The average Bonchev–Trinajstić information content (AvgIpc) is 3.34. The molecule has 4 N–H and O–H groups in total. The van der Waals surface area contributed by atoms with Gasteiger partial charge < -0.3 is 20.9 Å². The summed E-state index contributed by atoms with van der Waals surface area (Å²) in [5.41, 5.74) is 4.81. The average molecular weight is 574 g/mol. The lowest BCUT2D eigenvalue weighted by atomic mass is 9.97. The number of ether oxygens (including phenoxy) is 1. The van der Waals surface area contributed by atoms with Crippen molar-refractivity contribution in [1.29, 1.82) is 0 Å². The van der Waals surface area contributed by atoms with Gasteiger partial charge in [0.15, 0.2) is 5.13 Å². The van der Waals surface area contributed by atoms with Gasteiger partial charge in [0.05, 0.1) is 16.5 Å². The van der Waals surface area contributed by atoms with E-state index in [-0.39, 0.29) is 5.13 Å². The van der Waals surface area contributed by atoms with Gasteiger partial charge >= 0.3 is 18.3 Å². The minimum Gasteiger partial charge on any atom is -0.420 e. The molecule has 0 amide bonds. The van der Waals surface area contributed by atoms with Crippen LogP contribution in [0.3, 0.4) is 0 Å². The monoisotopic (exact) mass is 574 g/mol. The van der Waals surface area contributed by atoms with E-state index in [0.29, 0.717) is 45.5 Å². The molecule has 2 atom stereocenters. The zero-order chi connectivity index (χ0) is 28.6. The van der Waals surface area contributed by atoms with Crippen LogP contribution in [0.15, 0.2) is 60.9 Å². The van der Waals surface area contributed by atoms with Crippen LogP contribution >= 0.6 is 11.3 Å². The summed E-state index contributed by atoms with van der Waals surface area (Å²) in [6.07, 6.45) is -7.44. The summed E-state index contributed by atoms with van der Waals surface area (Å²) in [5.74, 6) is -6.60. The topological polar surface area (TPSA) is 110 Å². The lowest BCUT2D eigenvalue weighted by Crippen LogP contribution is -2.53. The van der Waals surface area contributed by atoms with Crippen molar-refractivity contribution in [2.45, 2.75) is 24.2 Å². The van der Waals surface area contributed by atoms with Gasteiger partial charge in [0, 0.05) is 36.0 Å². The van der Waals surface area contributed by atoms with Gasteiger partial charge in [0.25, 0.3) is 5.79 Å². The quantitative estimate of drug-likeness (QED) is 0.120. The highest BCUT2D eigenvalue weighted by Crippen LogP contribution is 2.35. The van der Waals surface area contributed by atoms with Crippen molar-refractivity contribution in [3.63, 3.8) is 0 Å². The smallest absolute Gasteiger partial charge is 0.420 e. The lowest BCUT2D eigenvalue weighted by molar-refractivity contribution is -0.257. The van der Waals surface area contributed by atoms with Gasteiger partial charge in [-0.2, -0.15) is 30.7 Å². The van der Waals surface area contributed by atoms with Crippen LogP contribution in [0.1, 0.15) is 11.1 Å². The number of halogens is 7. The highest BCUT2D eigenvalue weighted by Gasteiger charge is 2.49. The summed E-state index contributed by atoms with van der Waals surface area (Å²) in [7, 11) is 0. The standard InChI is InChI=1S/C24H17F7N4O3S/c25-19-8-14-7-12(1-2-13(14)9-33-19)17-10-34-21(39-17)35-11-18(32)22(37,38-20(36)24(29,30)31)15-3-5-16(6-4-15)23(26,27)28/h1-10,18,37H,11,32H2,(H,34,35)/t18-,22+/m1/s1. The number of nitrogens with one attached hydrogen (secondary N) is 1. The van der Waals surface area contributed by atoms with E-state index >= 15 is 0 Å². The maximum Gasteiger partial charge on any atom is 0.491 e. The van der Waals surface area contributed by atoms with Crippen molar-refractivity contribution in [1.82, 2.24) is 9.97 Å². The molecular formula is C24H17F7N4O3S. The number of aliphatic hydroxyl groups is 1. The van der Waals surface area contributed by atoms with E-state index in [4.69, 9.17) is 5.73 Å². The summed E-state index contributed by atoms with van der Waals surface area (Å²) in [6.45, 7) is -0.510. The molecule has 0 radical (unpaired) electrons. The Kier molecular flexibility index (Phi) is 7.51. The fourth-order valence-corrected chi connectivity index (χ4v) is 4.36. The molecule has 15 heteroatoms. The van der Waals surface area contributed by atoms with Crippen molar-refractivity contribution in [3.8, 4) is 10.4 Å². The number of esters is 1. The number of hydrogen-bond acceptors (Lipinski definition) is 8. The molecular weight excluding hydrogens is 557 g/mol. The van der Waals surface area contributed by atoms with Crippen LogP contribution in [0, 0.1) is 5.95 Å². The maximum atomic E-state index is 13.5. The van der Waals surface area contributed by atoms with Crippen molar-refractivity contribution in [2.75, 3.05) is 11.9 Å². The van der Waals surface area contributed by atoms with Gasteiger partial charge in [0.1, 0.15) is 0 Å². The Bertz CT molecular complexity index is 1490. The zero-order valence-electron chi connectivity index (χ0n) is 19.3. The molecule has 0 saturated carbocycles. The van der Waals surface area contributed by atoms with Crippen molar-refractivity contribution in [3.05, 3.63) is 78.0 Å². The highest BCUT2D eigenvalue weighted by atomic mass is 32.1. The molecule has 4 rings (SSSR count). The minimum absolute atomic E-state index is 0.207. The first-order valence-electron chi connectivity index (χ1n) is 10.9. The molecule has 0 unspecified atom stereocenters. The first kappa shape index (κ1) is 28.2. The van der Waals surface area contributed by atoms with Gasteiger partial charge in [-0.25, -0.2) is 14.8 Å². The molecule has 0 spiro atoms. The summed E-state index contributed by atoms with van der Waals surface area (Å²) in [5, 5.41) is 15.1. The van der Waals surface area contributed by atoms with Crippen LogP contribution in [0.5, 0.6) is 0 Å². The van der Waals surface area contributed by atoms with Crippen LogP contribution in [0.4, 0.5) is 35.9 Å². The Hall–Kier alpha value is -3.82. The zero-order valence-corrected chi connectivity index (χ0v) is 20.2. The summed E-state index contributed by atoms with van der Waals surface area (Å²) < 4.78 is 95.2. The largest absolute Gasteiger partial charge is 0.491 e. The molecule has 4 aromatic rings. The molecule has 0 aliphatic heterocycles. The molecule has 2 heterocycles. The number of anilines is 1. The molecule has 2 aromatic carbocycles. The number of aromatic nitrogens is 2. The summed E-state index contributed by atoms with van der Waals surface area (Å²) >= 11 is 1.09. The van der Waals surface area contributed by atoms with E-state index in [1.54, 1.807) is 18.2 Å². The van der Waals surface area contributed by atoms with E-state index in [2.05, 4.69) is 20.0 Å². The van der Waals surface area contributed by atoms with Gasteiger partial charge in [-0.05, 0) is 29.1 Å². The Morgan fingerprint density at radius 1 is 0.974 bits per heavy atom. The van der Waals surface area contributed by atoms with Gasteiger partial charge in [-0.15, -0.1) is 0 Å². The van der Waals surface area contributed by atoms with E-state index in [0.717, 1.165) is 11.3 Å². The maximum absolute atomic E-state index is 13.5. The first-order valence-corrected chi connectivity index (χ1v) is 11.7. The van der Waals surface area contributed by atoms with Gasteiger partial charge in [0.2, 0.25) is 5.95 Å². The SMILES string of the molecule is N[C@H](CNc1ncc(-c2ccc3cnc(F)cc3c2)s1)[C@@](O)(OC(=O)C(F)(F)F)c1ccc(C(F)(F)F)cc1. The number of rotatable bonds is 7. The number of fused-ring (bicyclic) bond motifs is 1. The molecule has 0 saturated heterocycles. The molecule has 0 bridgehead atoms. The van der Waals surface area contributed by atoms with Crippen molar-refractivity contribution in [2.24, 2.45) is 5.73 Å². The number of benzene rings is 2. The number of carbonyl (C=O) groups excluding carboxylic acids is 1. The van der Waals surface area contributed by atoms with Crippen LogP contribution in [0.2, 0.25) is 0 Å². The number of alkyl halides is 6. The van der Waals surface area contributed by atoms with E-state index < -0.39 is 53.8 Å². The summed E-state index contributed by atoms with van der Waals surface area (Å²) in [6, 6.07) is 6.94. The fourth-order valence-electron chi connectivity index (χ4n) is 3.54. The first-order chi connectivity index (χ1) is 18.2. The second kappa shape index (κ2) is 10.4. The fraction of sp³-hybridized carbons (Fsp3) is 0.208. The van der Waals surface area contributed by atoms with E-state index in [9.17, 15) is 40.6 Å². The number of thiazole rings is 1. The highest BCUT2D eigenvalue weighted by molar-refractivity contribution is 7.18. The van der Waals surface area contributed by atoms with Crippen molar-refractivity contribution < 1.29 is 45.4 Å². The molecule has 39 heavy (non-hydrogen) atoms. The van der Waals surface area contributed by atoms with Crippen molar-refractivity contribution >= 4 is 33.2 Å². The molecule has 0 aliphatic rings. The number of nitrogens with zero attached hydrogens (tertiary/aromatic N) is 2. The molecule has 2 aromatic heterocycles. The third kappa shape index (κ3) is 6.26. The second-order valence-electron chi connectivity index (χ2n) is 8.24. The summed E-state index contributed by atoms with van der Waals surface area (Å²) in [4.78, 5) is 19.9. The second-order valence-corrected chi connectivity index (χ2v) is 9.28. The normalized spacial score (nSPS) is 14.6. The van der Waals surface area contributed by atoms with Gasteiger partial charge in [-0.1, -0.05) is 35.6 Å². The number of nitrogens with two attached hydrogens (primary N) is 1. The van der Waals surface area contributed by atoms with E-state index in [1.807, 2.05) is 0 Å². The lowest BCUT2D eigenvalue weighted by Gasteiger charge is -2.34. The minimum atomic E-state index is -5.52. The number of hydrogen-bond donors (Lipinski definition) is 3. The predicted molar refractivity (Wildman–Crippen MR) is 127 cm³/mol. The third-order valence-electron chi connectivity index (χ3n) is 5.56. The molecule has 206 valence electrons. The van der Waals surface area contributed by atoms with Crippen LogP contribution < -0.4 is 11.1 Å². The predicted octanol–water partition coefficient (Wildman–Crippen LogP) is 5.21. The third-order valence-corrected chi connectivity index (χ3v) is 6.56. The van der Waals surface area contributed by atoms with Crippen LogP contribution in [-0.4, -0.2) is 39.8 Å². The molecule has 0 fully saturated rings.